The van der Waals surface area contributed by atoms with Gasteiger partial charge in [-0.2, -0.15) is 5.26 Å². The molecule has 1 rings (SSSR count). The van der Waals surface area contributed by atoms with Gasteiger partial charge in [0.2, 0.25) is 0 Å². The fraction of sp³-hybridized carbons (Fsp3) is 0.500. The van der Waals surface area contributed by atoms with Crippen LogP contribution in [0, 0.1) is 11.3 Å². The van der Waals surface area contributed by atoms with Crippen LogP contribution >= 0.6 is 11.6 Å². The second kappa shape index (κ2) is 8.00. The normalized spacial score (nSPS) is 11.9. The van der Waals surface area contributed by atoms with E-state index in [0.717, 1.165) is 5.69 Å². The molecule has 0 aliphatic heterocycles. The average molecular weight is 283 g/mol. The van der Waals surface area contributed by atoms with Crippen LogP contribution in [0.1, 0.15) is 12.5 Å². The van der Waals surface area contributed by atoms with Crippen LogP contribution in [0.5, 0.6) is 0 Å². The lowest BCUT2D eigenvalue weighted by molar-refractivity contribution is 0.171. The van der Waals surface area contributed by atoms with Crippen LogP contribution < -0.4 is 4.90 Å². The van der Waals surface area contributed by atoms with Gasteiger partial charge in [-0.3, -0.25) is 0 Å². The molecule has 4 nitrogen and oxygen atoms in total. The van der Waals surface area contributed by atoms with Gasteiger partial charge in [0.1, 0.15) is 0 Å². The van der Waals surface area contributed by atoms with E-state index >= 15 is 0 Å². The summed E-state index contributed by atoms with van der Waals surface area (Å²) in [5, 5.41) is 9.43. The Bertz CT molecular complexity index is 446. The van der Waals surface area contributed by atoms with Crippen molar-refractivity contribution in [2.75, 3.05) is 38.9 Å². The number of benzene rings is 1. The number of anilines is 1. The zero-order valence-electron chi connectivity index (χ0n) is 11.5. The lowest BCUT2D eigenvalue weighted by Crippen LogP contribution is -2.38. The fourth-order valence-electron chi connectivity index (χ4n) is 1.91. The molecule has 1 aromatic carbocycles. The molecule has 0 saturated carbocycles. The highest BCUT2D eigenvalue weighted by molar-refractivity contribution is 6.33. The van der Waals surface area contributed by atoms with E-state index in [9.17, 15) is 0 Å². The molecule has 0 heterocycles. The van der Waals surface area contributed by atoms with Crippen molar-refractivity contribution in [2.24, 2.45) is 0 Å². The highest BCUT2D eigenvalue weighted by Gasteiger charge is 2.17. The van der Waals surface area contributed by atoms with Crippen molar-refractivity contribution in [3.05, 3.63) is 28.8 Å². The minimum absolute atomic E-state index is 0.172. The van der Waals surface area contributed by atoms with Gasteiger partial charge in [-0.25, -0.2) is 0 Å². The number of hydrogen-bond acceptors (Lipinski definition) is 4. The Morgan fingerprint density at radius 1 is 1.37 bits per heavy atom. The molecule has 0 amide bonds. The first kappa shape index (κ1) is 15.8. The zero-order chi connectivity index (χ0) is 14.3. The number of methoxy groups -OCH3 is 2. The van der Waals surface area contributed by atoms with Crippen molar-refractivity contribution in [3.63, 3.8) is 0 Å². The number of nitrogens with zero attached hydrogens (tertiary/aromatic N) is 2. The molecule has 0 aliphatic carbocycles. The Morgan fingerprint density at radius 2 is 2.11 bits per heavy atom. The second-order valence-electron chi connectivity index (χ2n) is 4.27. The first-order valence-electron chi connectivity index (χ1n) is 6.08. The van der Waals surface area contributed by atoms with Crippen LogP contribution in [0.2, 0.25) is 5.02 Å². The molecule has 0 saturated heterocycles. The van der Waals surface area contributed by atoms with E-state index in [1.165, 1.54) is 0 Å². The molecule has 1 aromatic rings. The number of hydrogen-bond donors (Lipinski definition) is 0. The molecular weight excluding hydrogens is 264 g/mol. The summed E-state index contributed by atoms with van der Waals surface area (Å²) in [5.41, 5.74) is 1.45. The summed E-state index contributed by atoms with van der Waals surface area (Å²) in [7, 11) is 3.34. The van der Waals surface area contributed by atoms with Crippen molar-refractivity contribution in [1.82, 2.24) is 0 Å². The molecule has 1 unspecified atom stereocenters. The van der Waals surface area contributed by atoms with Gasteiger partial charge in [0.05, 0.1) is 35.6 Å². The van der Waals surface area contributed by atoms with Crippen LogP contribution in [-0.4, -0.2) is 40.0 Å². The Morgan fingerprint density at radius 3 is 2.63 bits per heavy atom. The molecule has 1 atom stereocenters. The van der Waals surface area contributed by atoms with Gasteiger partial charge in [0.15, 0.2) is 0 Å². The molecule has 0 aliphatic rings. The minimum atomic E-state index is 0.172. The first-order valence-corrected chi connectivity index (χ1v) is 6.46. The number of ether oxygens (including phenoxy) is 2. The third-order valence-electron chi connectivity index (χ3n) is 2.86. The lowest BCUT2D eigenvalue weighted by atomic mass is 10.1. The average Bonchev–Trinajstić information content (AvgIpc) is 2.40. The first-order chi connectivity index (χ1) is 9.13. The van der Waals surface area contributed by atoms with Crippen LogP contribution in [0.15, 0.2) is 18.2 Å². The third-order valence-corrected chi connectivity index (χ3v) is 3.17. The van der Waals surface area contributed by atoms with E-state index in [2.05, 4.69) is 17.9 Å². The van der Waals surface area contributed by atoms with Crippen LogP contribution in [0.3, 0.4) is 0 Å². The van der Waals surface area contributed by atoms with Gasteiger partial charge in [-0.1, -0.05) is 11.6 Å². The molecule has 104 valence electrons. The Labute approximate surface area is 119 Å². The van der Waals surface area contributed by atoms with Gasteiger partial charge >= 0.3 is 0 Å². The molecule has 0 aromatic heterocycles. The maximum Gasteiger partial charge on any atom is 0.0992 e. The fourth-order valence-corrected chi connectivity index (χ4v) is 2.20. The van der Waals surface area contributed by atoms with Crippen LogP contribution in [0.4, 0.5) is 5.69 Å². The molecule has 0 spiro atoms. The summed E-state index contributed by atoms with van der Waals surface area (Å²) >= 11 is 6.25. The Kier molecular flexibility index (Phi) is 6.65. The maximum absolute atomic E-state index is 8.86. The maximum atomic E-state index is 8.86. The smallest absolute Gasteiger partial charge is 0.0992 e. The van der Waals surface area contributed by atoms with Gasteiger partial charge in [-0.15, -0.1) is 0 Å². The number of halogens is 1. The Hall–Kier alpha value is -1.28. The summed E-state index contributed by atoms with van der Waals surface area (Å²) in [5.74, 6) is 0. The third kappa shape index (κ3) is 4.39. The monoisotopic (exact) mass is 282 g/mol. The summed E-state index contributed by atoms with van der Waals surface area (Å²) in [4.78, 5) is 2.12. The molecule has 19 heavy (non-hydrogen) atoms. The van der Waals surface area contributed by atoms with Crippen LogP contribution in [0.25, 0.3) is 0 Å². The van der Waals surface area contributed by atoms with E-state index in [4.69, 9.17) is 26.3 Å². The zero-order valence-corrected chi connectivity index (χ0v) is 12.3. The lowest BCUT2D eigenvalue weighted by Gasteiger charge is -2.31. The minimum Gasteiger partial charge on any atom is -0.383 e. The molecule has 0 N–H and O–H groups in total. The molecule has 5 heteroatoms. The molecular formula is C14H19ClN2O2. The van der Waals surface area contributed by atoms with E-state index in [1.54, 1.807) is 26.4 Å². The van der Waals surface area contributed by atoms with Crippen molar-refractivity contribution in [2.45, 2.75) is 13.0 Å². The highest BCUT2D eigenvalue weighted by Crippen LogP contribution is 2.28. The predicted molar refractivity (Wildman–Crippen MR) is 76.7 cm³/mol. The van der Waals surface area contributed by atoms with Crippen molar-refractivity contribution in [3.8, 4) is 6.07 Å². The Balaban J connectivity index is 2.99. The SMILES string of the molecule is COCCN(c1ccc(C#N)cc1Cl)C(C)COC. The second-order valence-corrected chi connectivity index (χ2v) is 4.68. The summed E-state index contributed by atoms with van der Waals surface area (Å²) in [6.45, 7) is 3.98. The summed E-state index contributed by atoms with van der Waals surface area (Å²) < 4.78 is 10.3. The highest BCUT2D eigenvalue weighted by atomic mass is 35.5. The quantitative estimate of drug-likeness (QED) is 0.771. The number of nitriles is 1. The van der Waals surface area contributed by atoms with E-state index in [-0.39, 0.29) is 6.04 Å². The number of rotatable bonds is 7. The predicted octanol–water partition coefficient (Wildman–Crippen LogP) is 2.70. The van der Waals surface area contributed by atoms with Crippen molar-refractivity contribution >= 4 is 17.3 Å². The van der Waals surface area contributed by atoms with E-state index in [0.29, 0.717) is 30.3 Å². The van der Waals surface area contributed by atoms with E-state index in [1.807, 2.05) is 6.07 Å². The van der Waals surface area contributed by atoms with Gasteiger partial charge in [0.25, 0.3) is 0 Å². The molecule has 0 bridgehead atoms. The molecule has 0 radical (unpaired) electrons. The van der Waals surface area contributed by atoms with Gasteiger partial charge < -0.3 is 14.4 Å². The molecule has 0 fully saturated rings. The van der Waals surface area contributed by atoms with Crippen molar-refractivity contribution < 1.29 is 9.47 Å². The van der Waals surface area contributed by atoms with Crippen LogP contribution in [-0.2, 0) is 9.47 Å². The standard InChI is InChI=1S/C14H19ClN2O2/c1-11(10-19-3)17(6-7-18-2)14-5-4-12(9-16)8-13(14)15/h4-5,8,11H,6-7,10H2,1-3H3. The topological polar surface area (TPSA) is 45.5 Å². The van der Waals surface area contributed by atoms with Crippen molar-refractivity contribution in [1.29, 1.82) is 5.26 Å². The summed E-state index contributed by atoms with van der Waals surface area (Å²) in [6.07, 6.45) is 0. The van der Waals surface area contributed by atoms with E-state index < -0.39 is 0 Å². The summed E-state index contributed by atoms with van der Waals surface area (Å²) in [6, 6.07) is 7.56. The largest absolute Gasteiger partial charge is 0.383 e. The van der Waals surface area contributed by atoms with Gasteiger partial charge in [-0.05, 0) is 25.1 Å². The van der Waals surface area contributed by atoms with Gasteiger partial charge in [0, 0.05) is 26.8 Å².